The van der Waals surface area contributed by atoms with E-state index in [1.54, 1.807) is 4.90 Å². The van der Waals surface area contributed by atoms with Crippen LogP contribution in [0.4, 0.5) is 4.79 Å². The van der Waals surface area contributed by atoms with Gasteiger partial charge >= 0.3 is 6.09 Å². The molecular weight excluding hydrogens is 220 g/mol. The lowest BCUT2D eigenvalue weighted by Gasteiger charge is -2.28. The van der Waals surface area contributed by atoms with Gasteiger partial charge in [-0.2, -0.15) is 0 Å². The fraction of sp³-hybridized carbons (Fsp3) is 0.917. The summed E-state index contributed by atoms with van der Waals surface area (Å²) in [6.45, 7) is 9.24. The molecule has 0 aromatic heterocycles. The zero-order valence-electron chi connectivity index (χ0n) is 11.2. The molecular formula is C12H24N2O3. The second kappa shape index (κ2) is 5.69. The zero-order valence-corrected chi connectivity index (χ0v) is 11.2. The van der Waals surface area contributed by atoms with Crippen LogP contribution >= 0.6 is 0 Å². The van der Waals surface area contributed by atoms with E-state index in [0.717, 1.165) is 6.42 Å². The molecule has 100 valence electrons. The number of hydrogen-bond acceptors (Lipinski definition) is 4. The summed E-state index contributed by atoms with van der Waals surface area (Å²) < 4.78 is 10.7. The van der Waals surface area contributed by atoms with E-state index in [-0.39, 0.29) is 18.2 Å². The van der Waals surface area contributed by atoms with Crippen molar-refractivity contribution in [2.75, 3.05) is 19.8 Å². The molecule has 1 aliphatic heterocycles. The molecule has 1 fully saturated rings. The highest BCUT2D eigenvalue weighted by Crippen LogP contribution is 2.20. The maximum absolute atomic E-state index is 12.0. The Morgan fingerprint density at radius 1 is 1.47 bits per heavy atom. The van der Waals surface area contributed by atoms with Crippen LogP contribution < -0.4 is 5.73 Å². The van der Waals surface area contributed by atoms with Gasteiger partial charge in [-0.3, -0.25) is 0 Å². The lowest BCUT2D eigenvalue weighted by molar-refractivity contribution is 0.0116. The predicted molar refractivity (Wildman–Crippen MR) is 65.8 cm³/mol. The van der Waals surface area contributed by atoms with Crippen molar-refractivity contribution >= 4 is 6.09 Å². The molecule has 0 spiro atoms. The Morgan fingerprint density at radius 2 is 2.12 bits per heavy atom. The molecule has 1 aliphatic rings. The van der Waals surface area contributed by atoms with Crippen molar-refractivity contribution in [1.82, 2.24) is 4.90 Å². The molecule has 0 saturated carbocycles. The van der Waals surface area contributed by atoms with Crippen LogP contribution in [-0.2, 0) is 9.47 Å². The Kier molecular flexibility index (Phi) is 4.77. The summed E-state index contributed by atoms with van der Waals surface area (Å²) in [5.74, 6) is 0. The fourth-order valence-corrected chi connectivity index (χ4v) is 1.91. The van der Waals surface area contributed by atoms with Crippen LogP contribution in [0, 0.1) is 0 Å². The zero-order chi connectivity index (χ0) is 13.1. The fourth-order valence-electron chi connectivity index (χ4n) is 1.91. The summed E-state index contributed by atoms with van der Waals surface area (Å²) in [7, 11) is 0. The van der Waals surface area contributed by atoms with Crippen molar-refractivity contribution in [3.8, 4) is 0 Å². The second-order valence-corrected chi connectivity index (χ2v) is 5.44. The molecule has 5 nitrogen and oxygen atoms in total. The standard InChI is InChI=1S/C12H24N2O3/c1-5-16-8-10-6-9(13)7-14(10)11(15)17-12(2,3)4/h9-10H,5-8,13H2,1-4H3/t9-,10-/m1/s1. The first-order valence-corrected chi connectivity index (χ1v) is 6.16. The second-order valence-electron chi connectivity index (χ2n) is 5.44. The maximum Gasteiger partial charge on any atom is 0.410 e. The minimum absolute atomic E-state index is 0.0213. The van der Waals surface area contributed by atoms with Crippen LogP contribution in [0.2, 0.25) is 0 Å². The number of hydrogen-bond donors (Lipinski definition) is 1. The Balaban J connectivity index is 2.57. The molecule has 5 heteroatoms. The highest BCUT2D eigenvalue weighted by molar-refractivity contribution is 5.69. The van der Waals surface area contributed by atoms with Gasteiger partial charge in [0.1, 0.15) is 5.60 Å². The highest BCUT2D eigenvalue weighted by atomic mass is 16.6. The van der Waals surface area contributed by atoms with Crippen molar-refractivity contribution in [1.29, 1.82) is 0 Å². The Morgan fingerprint density at radius 3 is 2.65 bits per heavy atom. The van der Waals surface area contributed by atoms with E-state index in [0.29, 0.717) is 19.8 Å². The first-order valence-electron chi connectivity index (χ1n) is 6.16. The molecule has 0 aliphatic carbocycles. The summed E-state index contributed by atoms with van der Waals surface area (Å²) in [5, 5.41) is 0. The van der Waals surface area contributed by atoms with Crippen molar-refractivity contribution in [2.45, 2.75) is 51.8 Å². The Hall–Kier alpha value is -0.810. The van der Waals surface area contributed by atoms with Gasteiger partial charge in [-0.1, -0.05) is 0 Å². The highest BCUT2D eigenvalue weighted by Gasteiger charge is 2.35. The Bertz CT molecular complexity index is 263. The number of ether oxygens (including phenoxy) is 2. The lowest BCUT2D eigenvalue weighted by Crippen LogP contribution is -2.42. The van der Waals surface area contributed by atoms with Crippen LogP contribution in [0.5, 0.6) is 0 Å². The van der Waals surface area contributed by atoms with Crippen LogP contribution in [0.15, 0.2) is 0 Å². The van der Waals surface area contributed by atoms with Crippen molar-refractivity contribution in [2.24, 2.45) is 5.73 Å². The summed E-state index contributed by atoms with van der Waals surface area (Å²) in [6.07, 6.45) is 0.481. The summed E-state index contributed by atoms with van der Waals surface area (Å²) in [6, 6.07) is 0.0628. The number of amides is 1. The molecule has 2 atom stereocenters. The van der Waals surface area contributed by atoms with Gasteiger partial charge in [-0.05, 0) is 34.1 Å². The molecule has 17 heavy (non-hydrogen) atoms. The molecule has 0 radical (unpaired) electrons. The molecule has 1 rings (SSSR count). The number of nitrogens with zero attached hydrogens (tertiary/aromatic N) is 1. The maximum atomic E-state index is 12.0. The minimum Gasteiger partial charge on any atom is -0.444 e. The van der Waals surface area contributed by atoms with E-state index in [1.807, 2.05) is 27.7 Å². The molecule has 0 bridgehead atoms. The average Bonchev–Trinajstić information content (AvgIpc) is 2.54. The number of likely N-dealkylation sites (tertiary alicyclic amines) is 1. The van der Waals surface area contributed by atoms with E-state index in [9.17, 15) is 4.79 Å². The third kappa shape index (κ3) is 4.52. The van der Waals surface area contributed by atoms with E-state index < -0.39 is 5.60 Å². The van der Waals surface area contributed by atoms with E-state index >= 15 is 0 Å². The van der Waals surface area contributed by atoms with Crippen LogP contribution in [-0.4, -0.2) is 48.4 Å². The molecule has 0 aromatic carbocycles. The number of rotatable bonds is 3. The number of carbonyl (C=O) groups excluding carboxylic acids is 1. The number of nitrogens with two attached hydrogens (primary N) is 1. The molecule has 0 unspecified atom stereocenters. The Labute approximate surface area is 103 Å². The summed E-state index contributed by atoms with van der Waals surface area (Å²) in [5.41, 5.74) is 5.41. The van der Waals surface area contributed by atoms with Crippen molar-refractivity contribution < 1.29 is 14.3 Å². The topological polar surface area (TPSA) is 64.8 Å². The van der Waals surface area contributed by atoms with Gasteiger partial charge in [0, 0.05) is 19.2 Å². The van der Waals surface area contributed by atoms with Crippen molar-refractivity contribution in [3.63, 3.8) is 0 Å². The largest absolute Gasteiger partial charge is 0.444 e. The van der Waals surface area contributed by atoms with Crippen LogP contribution in [0.3, 0.4) is 0 Å². The quantitative estimate of drug-likeness (QED) is 0.814. The van der Waals surface area contributed by atoms with Crippen LogP contribution in [0.25, 0.3) is 0 Å². The van der Waals surface area contributed by atoms with Crippen molar-refractivity contribution in [3.05, 3.63) is 0 Å². The summed E-state index contributed by atoms with van der Waals surface area (Å²) >= 11 is 0. The number of carbonyl (C=O) groups is 1. The molecule has 0 aromatic rings. The van der Waals surface area contributed by atoms with Gasteiger partial charge < -0.3 is 20.1 Å². The summed E-state index contributed by atoms with van der Waals surface area (Å²) in [4.78, 5) is 13.7. The monoisotopic (exact) mass is 244 g/mol. The third-order valence-corrected chi connectivity index (χ3v) is 2.59. The molecule has 1 saturated heterocycles. The average molecular weight is 244 g/mol. The van der Waals surface area contributed by atoms with E-state index in [1.165, 1.54) is 0 Å². The van der Waals surface area contributed by atoms with Gasteiger partial charge in [0.25, 0.3) is 0 Å². The minimum atomic E-state index is -0.472. The smallest absolute Gasteiger partial charge is 0.410 e. The third-order valence-electron chi connectivity index (χ3n) is 2.59. The van der Waals surface area contributed by atoms with Gasteiger partial charge in [-0.25, -0.2) is 4.79 Å². The predicted octanol–water partition coefficient (Wildman–Crippen LogP) is 1.36. The first kappa shape index (κ1) is 14.3. The first-order chi connectivity index (χ1) is 7.83. The van der Waals surface area contributed by atoms with Gasteiger partial charge in [-0.15, -0.1) is 0 Å². The van der Waals surface area contributed by atoms with E-state index in [4.69, 9.17) is 15.2 Å². The lowest BCUT2D eigenvalue weighted by atomic mass is 10.2. The molecule has 2 N–H and O–H groups in total. The molecule has 1 heterocycles. The normalized spacial score (nSPS) is 25.1. The van der Waals surface area contributed by atoms with Gasteiger partial charge in [0.05, 0.1) is 12.6 Å². The van der Waals surface area contributed by atoms with Gasteiger partial charge in [0.2, 0.25) is 0 Å². The SMILES string of the molecule is CCOC[C@H]1C[C@@H](N)CN1C(=O)OC(C)(C)C. The van der Waals surface area contributed by atoms with Gasteiger partial charge in [0.15, 0.2) is 0 Å². The molecule has 1 amide bonds. The van der Waals surface area contributed by atoms with Crippen LogP contribution in [0.1, 0.15) is 34.1 Å². The van der Waals surface area contributed by atoms with E-state index in [2.05, 4.69) is 0 Å².